The van der Waals surface area contributed by atoms with Crippen LogP contribution in [0.3, 0.4) is 0 Å². The van der Waals surface area contributed by atoms with Crippen molar-refractivity contribution in [3.05, 3.63) is 65.8 Å². The molecule has 0 amide bonds. The highest BCUT2D eigenvalue weighted by molar-refractivity contribution is 5.37. The highest BCUT2D eigenvalue weighted by Crippen LogP contribution is 2.00. The summed E-state index contributed by atoms with van der Waals surface area (Å²) in [5.41, 5.74) is 15.2. The van der Waals surface area contributed by atoms with Crippen LogP contribution in [0, 0.1) is 27.7 Å². The molecular formula is C17H24N8. The summed E-state index contributed by atoms with van der Waals surface area (Å²) in [4.78, 5) is 23.3. The summed E-state index contributed by atoms with van der Waals surface area (Å²) < 4.78 is 0. The Morgan fingerprint density at radius 3 is 1.88 bits per heavy atom. The van der Waals surface area contributed by atoms with Gasteiger partial charge >= 0.3 is 0 Å². The van der Waals surface area contributed by atoms with E-state index in [1.165, 1.54) is 12.7 Å². The smallest absolute Gasteiger partial charge is 0.125 e. The lowest BCUT2D eigenvalue weighted by Crippen LogP contribution is -2.00. The van der Waals surface area contributed by atoms with Crippen LogP contribution in [-0.4, -0.2) is 29.9 Å². The van der Waals surface area contributed by atoms with Crippen molar-refractivity contribution >= 4 is 5.69 Å². The zero-order valence-corrected chi connectivity index (χ0v) is 15.0. The van der Waals surface area contributed by atoms with Crippen LogP contribution in [0.4, 0.5) is 5.69 Å². The topological polar surface area (TPSA) is 129 Å². The van der Waals surface area contributed by atoms with E-state index in [9.17, 15) is 0 Å². The number of rotatable bonds is 1. The number of aromatic nitrogens is 6. The van der Waals surface area contributed by atoms with Crippen LogP contribution in [0.5, 0.6) is 0 Å². The molecular weight excluding hydrogens is 316 g/mol. The third-order valence-corrected chi connectivity index (χ3v) is 3.10. The molecule has 3 rings (SSSR count). The Kier molecular flexibility index (Phi) is 8.59. The van der Waals surface area contributed by atoms with Gasteiger partial charge in [0.05, 0.1) is 17.6 Å². The first-order valence-corrected chi connectivity index (χ1v) is 7.68. The highest BCUT2D eigenvalue weighted by atomic mass is 14.9. The fraction of sp³-hybridized carbons (Fsp3) is 0.294. The van der Waals surface area contributed by atoms with Crippen molar-refractivity contribution in [2.24, 2.45) is 5.73 Å². The summed E-state index contributed by atoms with van der Waals surface area (Å²) >= 11 is 0. The van der Waals surface area contributed by atoms with E-state index >= 15 is 0 Å². The third kappa shape index (κ3) is 7.89. The zero-order valence-electron chi connectivity index (χ0n) is 15.0. The molecule has 8 heteroatoms. The van der Waals surface area contributed by atoms with Gasteiger partial charge < -0.3 is 11.5 Å². The minimum Gasteiger partial charge on any atom is -0.396 e. The summed E-state index contributed by atoms with van der Waals surface area (Å²) in [6, 6.07) is 1.88. The molecule has 0 saturated carbocycles. The molecule has 0 spiro atoms. The van der Waals surface area contributed by atoms with Crippen LogP contribution in [-0.2, 0) is 6.54 Å². The van der Waals surface area contributed by atoms with Crippen LogP contribution in [0.15, 0.2) is 37.3 Å². The number of nitrogens with two attached hydrogens (primary N) is 2. The minimum atomic E-state index is 0.521. The van der Waals surface area contributed by atoms with Gasteiger partial charge in [0.2, 0.25) is 0 Å². The molecule has 25 heavy (non-hydrogen) atoms. The van der Waals surface area contributed by atoms with Gasteiger partial charge in [-0.05, 0) is 33.8 Å². The van der Waals surface area contributed by atoms with Crippen LogP contribution in [0.2, 0.25) is 0 Å². The Hall–Kier alpha value is -3.00. The first-order valence-electron chi connectivity index (χ1n) is 7.68. The van der Waals surface area contributed by atoms with Crippen molar-refractivity contribution in [1.29, 1.82) is 0 Å². The van der Waals surface area contributed by atoms with E-state index < -0.39 is 0 Å². The molecule has 3 heterocycles. The summed E-state index contributed by atoms with van der Waals surface area (Å²) in [6.07, 6.45) is 8.09. The fourth-order valence-corrected chi connectivity index (χ4v) is 1.60. The molecule has 4 N–H and O–H groups in total. The van der Waals surface area contributed by atoms with Gasteiger partial charge in [-0.2, -0.15) is 0 Å². The lowest BCUT2D eigenvalue weighted by Gasteiger charge is -1.96. The van der Waals surface area contributed by atoms with Gasteiger partial charge in [-0.15, -0.1) is 0 Å². The van der Waals surface area contributed by atoms with E-state index in [4.69, 9.17) is 11.5 Å². The monoisotopic (exact) mass is 340 g/mol. The molecule has 8 nitrogen and oxygen atoms in total. The molecule has 0 fully saturated rings. The van der Waals surface area contributed by atoms with Crippen molar-refractivity contribution in [1.82, 2.24) is 29.9 Å². The summed E-state index contributed by atoms with van der Waals surface area (Å²) in [5, 5.41) is 0. The summed E-state index contributed by atoms with van der Waals surface area (Å²) in [7, 11) is 0. The molecule has 0 atom stereocenters. The Morgan fingerprint density at radius 2 is 1.52 bits per heavy atom. The molecule has 0 bridgehead atoms. The maximum Gasteiger partial charge on any atom is 0.125 e. The average molecular weight is 340 g/mol. The van der Waals surface area contributed by atoms with E-state index in [0.717, 1.165) is 28.5 Å². The van der Waals surface area contributed by atoms with Gasteiger partial charge in [-0.25, -0.2) is 29.9 Å². The maximum absolute atomic E-state index is 5.39. The standard InChI is InChI=1S/C6H9N3.C6H8N2.C5H7N3/c1-5-6(2-7)3-8-4-9-5;1-5-3-4-7-6(2)8-5;1-4-5(6)2-7-3-8-4/h3-4H,2,7H2,1H3;3-4H,1-2H3;2-3H,6H2,1H3. The molecule has 0 aliphatic rings. The summed E-state index contributed by atoms with van der Waals surface area (Å²) in [6.45, 7) is 8.12. The fourth-order valence-electron chi connectivity index (χ4n) is 1.60. The van der Waals surface area contributed by atoms with E-state index in [0.29, 0.717) is 12.2 Å². The second kappa shape index (κ2) is 10.7. The number of hydrogen-bond donors (Lipinski definition) is 2. The minimum absolute atomic E-state index is 0.521. The zero-order chi connectivity index (χ0) is 18.7. The van der Waals surface area contributed by atoms with Crippen LogP contribution in [0.1, 0.15) is 28.5 Å². The molecule has 3 aromatic heterocycles. The molecule has 0 unspecified atom stereocenters. The molecule has 0 radical (unpaired) electrons. The number of aryl methyl sites for hydroxylation is 4. The Balaban J connectivity index is 0.000000188. The molecule has 0 aliphatic heterocycles. The van der Waals surface area contributed by atoms with Gasteiger partial charge in [0, 0.05) is 35.9 Å². The quantitative estimate of drug-likeness (QED) is 0.684. The van der Waals surface area contributed by atoms with E-state index in [2.05, 4.69) is 29.9 Å². The van der Waals surface area contributed by atoms with Gasteiger partial charge in [0.1, 0.15) is 18.5 Å². The molecule has 0 saturated heterocycles. The largest absolute Gasteiger partial charge is 0.396 e. The first kappa shape index (κ1) is 20.0. The van der Waals surface area contributed by atoms with Crippen molar-refractivity contribution in [3.8, 4) is 0 Å². The second-order valence-corrected chi connectivity index (χ2v) is 5.15. The molecule has 3 aromatic rings. The number of nitrogens with zero attached hydrogens (tertiary/aromatic N) is 6. The van der Waals surface area contributed by atoms with Gasteiger partial charge in [0.25, 0.3) is 0 Å². The number of nitrogen functional groups attached to an aromatic ring is 1. The second-order valence-electron chi connectivity index (χ2n) is 5.15. The predicted octanol–water partition coefficient (Wildman–Crippen LogP) is 1.70. The lowest BCUT2D eigenvalue weighted by molar-refractivity contribution is 0.967. The SMILES string of the molecule is Cc1ccnc(C)n1.Cc1ncncc1CN.Cc1ncncc1N. The summed E-state index contributed by atoms with van der Waals surface area (Å²) in [5.74, 6) is 0.838. The van der Waals surface area contributed by atoms with Crippen molar-refractivity contribution in [3.63, 3.8) is 0 Å². The lowest BCUT2D eigenvalue weighted by atomic mass is 10.2. The molecule has 132 valence electrons. The molecule has 0 aliphatic carbocycles. The number of hydrogen-bond acceptors (Lipinski definition) is 8. The van der Waals surface area contributed by atoms with E-state index in [1.54, 1.807) is 18.6 Å². The van der Waals surface area contributed by atoms with Gasteiger partial charge in [-0.3, -0.25) is 0 Å². The predicted molar refractivity (Wildman–Crippen MR) is 97.3 cm³/mol. The van der Waals surface area contributed by atoms with Crippen LogP contribution in [0.25, 0.3) is 0 Å². The van der Waals surface area contributed by atoms with Crippen LogP contribution < -0.4 is 11.5 Å². The highest BCUT2D eigenvalue weighted by Gasteiger charge is 1.92. The van der Waals surface area contributed by atoms with Gasteiger partial charge in [-0.1, -0.05) is 0 Å². The van der Waals surface area contributed by atoms with Crippen molar-refractivity contribution < 1.29 is 0 Å². The van der Waals surface area contributed by atoms with E-state index in [1.807, 2.05) is 33.8 Å². The van der Waals surface area contributed by atoms with E-state index in [-0.39, 0.29) is 0 Å². The van der Waals surface area contributed by atoms with Gasteiger partial charge in [0.15, 0.2) is 0 Å². The Labute approximate surface area is 147 Å². The Morgan fingerprint density at radius 1 is 0.880 bits per heavy atom. The maximum atomic E-state index is 5.39. The average Bonchev–Trinajstić information content (AvgIpc) is 2.59. The van der Waals surface area contributed by atoms with Crippen LogP contribution >= 0.6 is 0 Å². The molecule has 0 aromatic carbocycles. The van der Waals surface area contributed by atoms with Crippen molar-refractivity contribution in [2.75, 3.05) is 5.73 Å². The normalized spacial score (nSPS) is 9.32. The first-order chi connectivity index (χ1) is 11.9. The Bertz CT molecular complexity index is 738. The number of anilines is 1. The van der Waals surface area contributed by atoms with Crippen molar-refractivity contribution in [2.45, 2.75) is 34.2 Å². The third-order valence-electron chi connectivity index (χ3n) is 3.10.